The van der Waals surface area contributed by atoms with E-state index < -0.39 is 22.9 Å². The standard InChI is InChI=1S/Cl9N3OP4/c1-14(2,3)10-15(4,5)11-16(6,7)12-17(8,9)13. The van der Waals surface area contributed by atoms with Crippen molar-refractivity contribution in [1.82, 2.24) is 0 Å². The van der Waals surface area contributed by atoms with Crippen molar-refractivity contribution in [2.75, 3.05) is 0 Å². The largest absolute Gasteiger partial charge is 0.366 e. The van der Waals surface area contributed by atoms with Gasteiger partial charge in [0.15, 0.2) is 0 Å². The fourth-order valence-corrected chi connectivity index (χ4v) is 20.2. The highest BCUT2D eigenvalue weighted by Crippen LogP contribution is 2.83. The van der Waals surface area contributed by atoms with Gasteiger partial charge in [-0.25, -0.2) is 0 Å². The summed E-state index contributed by atoms with van der Waals surface area (Å²) in [5.74, 6) is -10.9. The zero-order valence-corrected chi connectivity index (χ0v) is 17.3. The Labute approximate surface area is 141 Å². The first kappa shape index (κ1) is 20.5. The molecule has 0 rings (SSSR count). The molecule has 0 N–H and O–H groups in total. The smallest absolute Gasteiger partial charge is 0.262 e. The van der Waals surface area contributed by atoms with Crippen LogP contribution in [0.2, 0.25) is 0 Å². The molecule has 0 bridgehead atoms. The van der Waals surface area contributed by atoms with Crippen molar-refractivity contribution in [3.63, 3.8) is 0 Å². The van der Waals surface area contributed by atoms with Crippen LogP contribution in [-0.2, 0) is 4.57 Å². The summed E-state index contributed by atoms with van der Waals surface area (Å²) < 4.78 is 21.1. The van der Waals surface area contributed by atoms with Crippen molar-refractivity contribution in [1.29, 1.82) is 0 Å². The highest BCUT2D eigenvalue weighted by Gasteiger charge is 2.25. The third-order valence-corrected chi connectivity index (χ3v) is 13.6. The second-order valence-corrected chi connectivity index (χ2v) is 23.6. The predicted octanol–water partition coefficient (Wildman–Crippen LogP) is 10.1. The molecule has 0 unspecified atom stereocenters. The third-order valence-electron chi connectivity index (χ3n) is 0.636. The van der Waals surface area contributed by atoms with Crippen molar-refractivity contribution < 1.29 is 4.57 Å². The van der Waals surface area contributed by atoms with Gasteiger partial charge in [0, 0.05) is 0 Å². The van der Waals surface area contributed by atoms with Gasteiger partial charge in [0.05, 0.1) is 0 Å². The number of halogens is 9. The third kappa shape index (κ3) is 12.9. The van der Waals surface area contributed by atoms with E-state index in [9.17, 15) is 4.57 Å². The average Bonchev–Trinajstić information content (AvgIpc) is 1.65. The number of rotatable bonds is 3. The fraction of sp³-hybridized carbons (Fsp3) is 0. The van der Waals surface area contributed by atoms with Crippen LogP contribution in [0.1, 0.15) is 0 Å². The van der Waals surface area contributed by atoms with Gasteiger partial charge < -0.3 is 0 Å². The molecule has 0 saturated carbocycles. The molecule has 0 aliphatic rings. The summed E-state index contributed by atoms with van der Waals surface area (Å²) in [6, 6.07) is 0. The van der Waals surface area contributed by atoms with Gasteiger partial charge >= 0.3 is 6.00 Å². The highest BCUT2D eigenvalue weighted by molar-refractivity contribution is 8.30. The summed E-state index contributed by atoms with van der Waals surface area (Å²) in [5.41, 5.74) is 0. The Balaban J connectivity index is 5.74. The Bertz CT molecular complexity index is 474. The Kier molecular flexibility index (Phi) is 8.69. The first-order valence-electron chi connectivity index (χ1n) is 2.90. The van der Waals surface area contributed by atoms with Crippen LogP contribution in [0.25, 0.3) is 0 Å². The van der Waals surface area contributed by atoms with Crippen molar-refractivity contribution in [3.05, 3.63) is 0 Å². The topological polar surface area (TPSA) is 54.1 Å². The van der Waals surface area contributed by atoms with E-state index in [0.29, 0.717) is 0 Å². The van der Waals surface area contributed by atoms with Gasteiger partial charge in [-0.05, 0) is 101 Å². The molecule has 0 amide bonds. The van der Waals surface area contributed by atoms with E-state index in [2.05, 4.69) is 13.5 Å². The van der Waals surface area contributed by atoms with E-state index in [1.807, 2.05) is 0 Å². The minimum absolute atomic E-state index is 3.20. The molecule has 0 saturated heterocycles. The lowest BCUT2D eigenvalue weighted by molar-refractivity contribution is 0.594. The molecule has 0 aliphatic heterocycles. The van der Waals surface area contributed by atoms with Crippen LogP contribution in [0.5, 0.6) is 0 Å². The Morgan fingerprint density at radius 3 is 1.24 bits per heavy atom. The van der Waals surface area contributed by atoms with Crippen LogP contribution >= 0.6 is 124 Å². The minimum Gasteiger partial charge on any atom is -0.262 e. The van der Waals surface area contributed by atoms with Crippen LogP contribution in [-0.4, -0.2) is 0 Å². The number of nitrogens with zero attached hydrogens (tertiary/aromatic N) is 3. The molecule has 0 radical (unpaired) electrons. The Morgan fingerprint density at radius 1 is 0.588 bits per heavy atom. The zero-order valence-electron chi connectivity index (χ0n) is 6.94. The molecular weight excluding hydrogens is 501 g/mol. The molecule has 0 atom stereocenters. The lowest BCUT2D eigenvalue weighted by Crippen LogP contribution is -1.55. The molecule has 0 fully saturated rings. The van der Waals surface area contributed by atoms with E-state index >= 15 is 0 Å². The molecule has 0 spiro atoms. The predicted molar refractivity (Wildman–Crippen MR) is 88.3 cm³/mol. The van der Waals surface area contributed by atoms with E-state index in [4.69, 9.17) is 101 Å². The van der Waals surface area contributed by atoms with E-state index in [-0.39, 0.29) is 0 Å². The second-order valence-electron chi connectivity index (χ2n) is 2.03. The maximum atomic E-state index is 11.0. The van der Waals surface area contributed by atoms with Crippen molar-refractivity contribution in [3.8, 4) is 0 Å². The summed E-state index contributed by atoms with van der Waals surface area (Å²) in [6.07, 6.45) is 0. The van der Waals surface area contributed by atoms with E-state index in [1.54, 1.807) is 0 Å². The summed E-state index contributed by atoms with van der Waals surface area (Å²) in [5, 5.41) is -3.22. The zero-order chi connectivity index (χ0) is 14.1. The summed E-state index contributed by atoms with van der Waals surface area (Å²) in [4.78, 5) is 0. The highest BCUT2D eigenvalue weighted by atomic mass is 36.0. The Morgan fingerprint density at radius 2 is 0.941 bits per heavy atom. The SMILES string of the molecule is O=P(Cl)(Cl)N=P(Cl)(Cl)N=P(Cl)(Cl)N=P(Cl)(Cl)Cl. The summed E-state index contributed by atoms with van der Waals surface area (Å²) in [6.45, 7) is 0. The van der Waals surface area contributed by atoms with Gasteiger partial charge in [-0.3, -0.25) is 4.57 Å². The number of hydrogen-bond donors (Lipinski definition) is 0. The van der Waals surface area contributed by atoms with Crippen LogP contribution in [0.15, 0.2) is 13.5 Å². The summed E-state index contributed by atoms with van der Waals surface area (Å²) in [7, 11) is 0. The van der Waals surface area contributed by atoms with E-state index in [1.165, 1.54) is 0 Å². The second kappa shape index (κ2) is 7.19. The molecule has 17 heavy (non-hydrogen) atoms. The molecular formula is Cl9N3OP4. The minimum atomic E-state index is -3.89. The molecule has 17 heteroatoms. The first-order chi connectivity index (χ1) is 7.12. The lowest BCUT2D eigenvalue weighted by Gasteiger charge is -2.09. The van der Waals surface area contributed by atoms with Crippen molar-refractivity contribution >= 4 is 124 Å². The molecule has 104 valence electrons. The maximum absolute atomic E-state index is 11.0. The van der Waals surface area contributed by atoms with Crippen LogP contribution in [0.4, 0.5) is 0 Å². The maximum Gasteiger partial charge on any atom is 0.366 e. The fourth-order valence-electron chi connectivity index (χ4n) is 0.413. The van der Waals surface area contributed by atoms with Crippen LogP contribution < -0.4 is 0 Å². The monoisotopic (exact) mass is 497 g/mol. The molecule has 0 aromatic carbocycles. The number of hydrogen-bond acceptors (Lipinski definition) is 1. The summed E-state index contributed by atoms with van der Waals surface area (Å²) >= 11 is 49.2. The van der Waals surface area contributed by atoms with Crippen LogP contribution in [0.3, 0.4) is 0 Å². The van der Waals surface area contributed by atoms with Gasteiger partial charge in [-0.1, -0.05) is 0 Å². The van der Waals surface area contributed by atoms with Gasteiger partial charge in [0.2, 0.25) is 5.11 Å². The molecule has 0 aromatic heterocycles. The molecule has 4 nitrogen and oxygen atoms in total. The lowest BCUT2D eigenvalue weighted by atomic mass is 13.9. The molecule has 0 aromatic rings. The van der Waals surface area contributed by atoms with Crippen molar-refractivity contribution in [2.24, 2.45) is 13.5 Å². The quantitative estimate of drug-likeness (QED) is 0.355. The van der Waals surface area contributed by atoms with Gasteiger partial charge in [-0.2, -0.15) is 13.5 Å². The van der Waals surface area contributed by atoms with Crippen LogP contribution in [0, 0.1) is 0 Å². The Hall–Kier alpha value is 3.53. The van der Waals surface area contributed by atoms with Crippen molar-refractivity contribution in [2.45, 2.75) is 0 Å². The van der Waals surface area contributed by atoms with Gasteiger partial charge in [-0.15, -0.1) is 0 Å². The molecule has 0 heterocycles. The first-order valence-corrected chi connectivity index (χ1v) is 17.8. The van der Waals surface area contributed by atoms with E-state index in [0.717, 1.165) is 0 Å². The molecule has 0 aliphatic carbocycles. The normalized spacial score (nSPS) is 14.4. The average molecular weight is 501 g/mol. The van der Waals surface area contributed by atoms with Gasteiger partial charge in [0.1, 0.15) is 0 Å². The van der Waals surface area contributed by atoms with Gasteiger partial charge in [0.25, 0.3) is 11.8 Å².